The van der Waals surface area contributed by atoms with Gasteiger partial charge >= 0.3 is 0 Å². The largest absolute Gasteiger partial charge is 0.459 e. The van der Waals surface area contributed by atoms with E-state index in [2.05, 4.69) is 15.5 Å². The number of benzene rings is 1. The molecule has 0 saturated heterocycles. The summed E-state index contributed by atoms with van der Waals surface area (Å²) in [6, 6.07) is 6.16. The lowest BCUT2D eigenvalue weighted by Crippen LogP contribution is -2.15. The van der Waals surface area contributed by atoms with Crippen molar-refractivity contribution in [2.75, 3.05) is 11.1 Å². The Hall–Kier alpha value is -3.21. The second kappa shape index (κ2) is 7.13. The van der Waals surface area contributed by atoms with Gasteiger partial charge in [0.2, 0.25) is 5.91 Å². The van der Waals surface area contributed by atoms with Crippen molar-refractivity contribution < 1.29 is 22.9 Å². The molecule has 1 N–H and O–H groups in total. The lowest BCUT2D eigenvalue weighted by atomic mass is 10.2. The van der Waals surface area contributed by atoms with Crippen LogP contribution in [-0.2, 0) is 4.79 Å². The van der Waals surface area contributed by atoms with Gasteiger partial charge in [-0.15, -0.1) is 10.2 Å². The van der Waals surface area contributed by atoms with Crippen LogP contribution in [0.25, 0.3) is 11.7 Å². The molecule has 0 aliphatic heterocycles. The van der Waals surface area contributed by atoms with Crippen molar-refractivity contribution in [1.29, 1.82) is 0 Å². The van der Waals surface area contributed by atoms with Crippen LogP contribution in [0.4, 0.5) is 15.8 Å². The van der Waals surface area contributed by atoms with E-state index in [4.69, 9.17) is 8.83 Å². The molecule has 0 unspecified atom stereocenters. The molecule has 2 aromatic heterocycles. The molecule has 0 spiro atoms. The van der Waals surface area contributed by atoms with Crippen molar-refractivity contribution in [2.45, 2.75) is 5.22 Å². The predicted octanol–water partition coefficient (Wildman–Crippen LogP) is 3.11. The maximum Gasteiger partial charge on any atom is 0.284 e. The van der Waals surface area contributed by atoms with Crippen LogP contribution in [0.3, 0.4) is 0 Å². The number of nitrogens with zero attached hydrogens (tertiary/aromatic N) is 3. The first-order valence-corrected chi connectivity index (χ1v) is 7.75. The molecule has 0 saturated carbocycles. The number of furan rings is 1. The third-order valence-corrected chi connectivity index (χ3v) is 3.72. The summed E-state index contributed by atoms with van der Waals surface area (Å²) in [6.45, 7) is 0. The van der Waals surface area contributed by atoms with Gasteiger partial charge < -0.3 is 14.2 Å². The van der Waals surface area contributed by atoms with Gasteiger partial charge in [-0.25, -0.2) is 4.39 Å². The highest BCUT2D eigenvalue weighted by atomic mass is 32.2. The molecule has 1 amide bonds. The topological polar surface area (TPSA) is 124 Å². The SMILES string of the molecule is O=C(CSc1nnc(-c2ccco2)o1)Nc1cc([N+](=O)[O-])ccc1F. The summed E-state index contributed by atoms with van der Waals surface area (Å²) in [6.07, 6.45) is 1.45. The Bertz CT molecular complexity index is 912. The van der Waals surface area contributed by atoms with Gasteiger partial charge in [-0.3, -0.25) is 14.9 Å². The molecular weight excluding hydrogens is 355 g/mol. The van der Waals surface area contributed by atoms with Gasteiger partial charge in [-0.2, -0.15) is 0 Å². The van der Waals surface area contributed by atoms with Crippen LogP contribution >= 0.6 is 11.8 Å². The quantitative estimate of drug-likeness (QED) is 0.402. The number of thioether (sulfide) groups is 1. The average molecular weight is 364 g/mol. The first-order valence-electron chi connectivity index (χ1n) is 6.77. The van der Waals surface area contributed by atoms with Crippen LogP contribution in [0.5, 0.6) is 0 Å². The molecule has 25 heavy (non-hydrogen) atoms. The number of amides is 1. The van der Waals surface area contributed by atoms with Crippen molar-refractivity contribution in [3.63, 3.8) is 0 Å². The van der Waals surface area contributed by atoms with Gasteiger partial charge in [-0.1, -0.05) is 11.8 Å². The van der Waals surface area contributed by atoms with E-state index in [0.29, 0.717) is 5.76 Å². The number of nitrogens with one attached hydrogen (secondary N) is 1. The fourth-order valence-corrected chi connectivity index (χ4v) is 2.37. The van der Waals surface area contributed by atoms with Crippen LogP contribution < -0.4 is 5.32 Å². The third-order valence-electron chi connectivity index (χ3n) is 2.90. The summed E-state index contributed by atoms with van der Waals surface area (Å²) in [5.41, 5.74) is -0.606. The normalized spacial score (nSPS) is 10.6. The van der Waals surface area contributed by atoms with E-state index in [1.54, 1.807) is 12.1 Å². The molecule has 0 atom stereocenters. The molecule has 0 radical (unpaired) electrons. The zero-order valence-electron chi connectivity index (χ0n) is 12.3. The highest BCUT2D eigenvalue weighted by Crippen LogP contribution is 2.24. The Labute approximate surface area is 143 Å². The van der Waals surface area contributed by atoms with E-state index in [9.17, 15) is 19.3 Å². The minimum atomic E-state index is -0.776. The van der Waals surface area contributed by atoms with Gasteiger partial charge in [0.1, 0.15) is 5.82 Å². The summed E-state index contributed by atoms with van der Waals surface area (Å²) in [4.78, 5) is 21.9. The molecule has 128 valence electrons. The van der Waals surface area contributed by atoms with Crippen molar-refractivity contribution in [3.05, 3.63) is 52.5 Å². The van der Waals surface area contributed by atoms with Gasteiger partial charge in [0, 0.05) is 12.1 Å². The highest BCUT2D eigenvalue weighted by molar-refractivity contribution is 7.99. The minimum absolute atomic E-state index is 0.126. The average Bonchev–Trinajstić information content (AvgIpc) is 3.26. The van der Waals surface area contributed by atoms with E-state index < -0.39 is 16.6 Å². The van der Waals surface area contributed by atoms with Crippen molar-refractivity contribution in [2.24, 2.45) is 0 Å². The van der Waals surface area contributed by atoms with E-state index in [-0.39, 0.29) is 28.2 Å². The number of non-ortho nitro benzene ring substituents is 1. The Morgan fingerprint density at radius 2 is 2.20 bits per heavy atom. The minimum Gasteiger partial charge on any atom is -0.459 e. The van der Waals surface area contributed by atoms with Gasteiger partial charge in [0.05, 0.1) is 22.6 Å². The van der Waals surface area contributed by atoms with Crippen LogP contribution in [0.1, 0.15) is 0 Å². The fourth-order valence-electron chi connectivity index (χ4n) is 1.80. The van der Waals surface area contributed by atoms with Crippen LogP contribution in [0, 0.1) is 15.9 Å². The maximum atomic E-state index is 13.6. The number of hydrogen-bond donors (Lipinski definition) is 1. The highest BCUT2D eigenvalue weighted by Gasteiger charge is 2.15. The van der Waals surface area contributed by atoms with Gasteiger partial charge in [0.25, 0.3) is 16.8 Å². The van der Waals surface area contributed by atoms with Gasteiger partial charge in [-0.05, 0) is 18.2 Å². The summed E-state index contributed by atoms with van der Waals surface area (Å²) in [5, 5.41) is 20.6. The molecule has 3 aromatic rings. The smallest absolute Gasteiger partial charge is 0.284 e. The fraction of sp³-hybridized carbons (Fsp3) is 0.0714. The lowest BCUT2D eigenvalue weighted by Gasteiger charge is -2.05. The molecule has 9 nitrogen and oxygen atoms in total. The number of nitro benzene ring substituents is 1. The second-order valence-corrected chi connectivity index (χ2v) is 5.54. The van der Waals surface area contributed by atoms with Crippen molar-refractivity contribution >= 4 is 29.0 Å². The molecule has 3 rings (SSSR count). The van der Waals surface area contributed by atoms with E-state index in [0.717, 1.165) is 30.0 Å². The van der Waals surface area contributed by atoms with E-state index >= 15 is 0 Å². The Balaban J connectivity index is 1.60. The van der Waals surface area contributed by atoms with E-state index in [1.165, 1.54) is 6.26 Å². The van der Waals surface area contributed by atoms with Crippen LogP contribution in [-0.4, -0.2) is 26.8 Å². The lowest BCUT2D eigenvalue weighted by molar-refractivity contribution is -0.384. The molecule has 11 heteroatoms. The molecule has 0 fully saturated rings. The third kappa shape index (κ3) is 4.01. The van der Waals surface area contributed by atoms with E-state index in [1.807, 2.05) is 0 Å². The molecular formula is C14H9FN4O5S. The standard InChI is InChI=1S/C14H9FN4O5S/c15-9-4-3-8(19(21)22)6-10(9)16-12(20)7-25-14-18-17-13(24-14)11-2-1-5-23-11/h1-6H,7H2,(H,16,20). The summed E-state index contributed by atoms with van der Waals surface area (Å²) < 4.78 is 24.0. The summed E-state index contributed by atoms with van der Waals surface area (Å²) in [7, 11) is 0. The predicted molar refractivity (Wildman–Crippen MR) is 84.4 cm³/mol. The Kier molecular flexibility index (Phi) is 4.75. The zero-order chi connectivity index (χ0) is 17.8. The summed E-state index contributed by atoms with van der Waals surface area (Å²) in [5.74, 6) is -0.953. The molecule has 0 bridgehead atoms. The Morgan fingerprint density at radius 1 is 1.36 bits per heavy atom. The maximum absolute atomic E-state index is 13.6. The number of carbonyl (C=O) groups is 1. The van der Waals surface area contributed by atoms with Crippen LogP contribution in [0.2, 0.25) is 0 Å². The Morgan fingerprint density at radius 3 is 2.92 bits per heavy atom. The number of rotatable bonds is 6. The van der Waals surface area contributed by atoms with Crippen LogP contribution in [0.15, 0.2) is 50.7 Å². The molecule has 0 aliphatic rings. The number of halogens is 1. The number of hydrogen-bond acceptors (Lipinski definition) is 8. The number of nitro groups is 1. The number of aromatic nitrogens is 2. The van der Waals surface area contributed by atoms with Crippen molar-refractivity contribution in [1.82, 2.24) is 10.2 Å². The van der Waals surface area contributed by atoms with Gasteiger partial charge in [0.15, 0.2) is 5.76 Å². The number of anilines is 1. The van der Waals surface area contributed by atoms with Crippen molar-refractivity contribution in [3.8, 4) is 11.7 Å². The zero-order valence-corrected chi connectivity index (χ0v) is 13.2. The first kappa shape index (κ1) is 16.6. The molecule has 0 aliphatic carbocycles. The molecule has 2 heterocycles. The molecule has 1 aromatic carbocycles. The first-order chi connectivity index (χ1) is 12.0. The number of carbonyl (C=O) groups excluding carboxylic acids is 1. The summed E-state index contributed by atoms with van der Waals surface area (Å²) >= 11 is 0.932. The monoisotopic (exact) mass is 364 g/mol. The second-order valence-electron chi connectivity index (χ2n) is 4.61.